The summed E-state index contributed by atoms with van der Waals surface area (Å²) in [6, 6.07) is 0. The van der Waals surface area contributed by atoms with Crippen molar-refractivity contribution in [2.75, 3.05) is 0 Å². The molecule has 0 saturated carbocycles. The van der Waals surface area contributed by atoms with Gasteiger partial charge in [-0.05, 0) is 51.6 Å². The Bertz CT molecular complexity index is 449. The third-order valence-corrected chi connectivity index (χ3v) is 5.52. The first-order valence-electron chi connectivity index (χ1n) is 4.05. The van der Waals surface area contributed by atoms with Crippen molar-refractivity contribution in [3.63, 3.8) is 0 Å². The molecule has 0 unspecified atom stereocenters. The maximum atomic E-state index is 4.51. The van der Waals surface area contributed by atoms with E-state index in [9.17, 15) is 0 Å². The molecule has 0 N–H and O–H groups in total. The van der Waals surface area contributed by atoms with Crippen LogP contribution in [-0.2, 0) is 6.42 Å². The Morgan fingerprint density at radius 2 is 2.29 bits per heavy atom. The molecule has 0 bridgehead atoms. The largest absolute Gasteiger partial charge is 0.268 e. The molecule has 3 nitrogen and oxygen atoms in total. The molecule has 0 radical (unpaired) electrons. The summed E-state index contributed by atoms with van der Waals surface area (Å²) in [5.41, 5.74) is 1.14. The van der Waals surface area contributed by atoms with Gasteiger partial charge in [0.05, 0.1) is 5.69 Å². The van der Waals surface area contributed by atoms with E-state index in [1.54, 1.807) is 11.3 Å². The number of hydrogen-bond acceptors (Lipinski definition) is 3. The van der Waals surface area contributed by atoms with E-state index in [4.69, 9.17) is 0 Å². The third kappa shape index (κ3) is 1.96. The Kier molecular flexibility index (Phi) is 3.42. The molecule has 2 rings (SSSR count). The fraction of sp³-hybridized carbons (Fsp3) is 0.250. The topological polar surface area (TPSA) is 30.7 Å². The van der Waals surface area contributed by atoms with Gasteiger partial charge in [0.15, 0.2) is 5.13 Å². The molecule has 0 spiro atoms. The first-order valence-corrected chi connectivity index (χ1v) is 7.09. The van der Waals surface area contributed by atoms with Gasteiger partial charge in [-0.25, -0.2) is 9.97 Å². The van der Waals surface area contributed by atoms with Crippen LogP contribution in [0.25, 0.3) is 5.13 Å². The predicted octanol–water partition coefficient (Wildman–Crippen LogP) is 3.10. The molecule has 0 atom stereocenters. The van der Waals surface area contributed by atoms with Crippen LogP contribution in [0, 0.1) is 7.40 Å². The third-order valence-electron chi connectivity index (χ3n) is 1.78. The van der Waals surface area contributed by atoms with E-state index in [0.717, 1.165) is 24.6 Å². The number of thiazole rings is 1. The molecule has 2 heterocycles. The van der Waals surface area contributed by atoms with Gasteiger partial charge in [0, 0.05) is 5.38 Å². The highest BCUT2D eigenvalue weighted by Crippen LogP contribution is 2.21. The fourth-order valence-electron chi connectivity index (χ4n) is 1.01. The van der Waals surface area contributed by atoms with Crippen LogP contribution in [0.5, 0.6) is 0 Å². The second-order valence-corrected chi connectivity index (χ2v) is 5.55. The van der Waals surface area contributed by atoms with Crippen LogP contribution in [-0.4, -0.2) is 14.5 Å². The van der Waals surface area contributed by atoms with Crippen LogP contribution in [0.4, 0.5) is 0 Å². The SMILES string of the molecule is CCc1csc(-n2cnc(I)c2I)n1. The highest BCUT2D eigenvalue weighted by molar-refractivity contribution is 14.1. The maximum Gasteiger partial charge on any atom is 0.195 e. The Hall–Kier alpha value is 0.300. The number of rotatable bonds is 2. The molecular formula is C8H7I2N3S. The lowest BCUT2D eigenvalue weighted by Gasteiger charge is -1.96. The second-order valence-electron chi connectivity index (χ2n) is 2.67. The number of halogens is 2. The van der Waals surface area contributed by atoms with Gasteiger partial charge >= 0.3 is 0 Å². The first kappa shape index (κ1) is 10.8. The minimum absolute atomic E-state index is 0.985. The summed E-state index contributed by atoms with van der Waals surface area (Å²) >= 11 is 6.17. The van der Waals surface area contributed by atoms with Crippen molar-refractivity contribution < 1.29 is 0 Å². The normalized spacial score (nSPS) is 10.8. The number of hydrogen-bond donors (Lipinski definition) is 0. The van der Waals surface area contributed by atoms with Gasteiger partial charge in [-0.15, -0.1) is 11.3 Å². The minimum atomic E-state index is 0.985. The molecule has 2 aromatic heterocycles. The summed E-state index contributed by atoms with van der Waals surface area (Å²) in [6.07, 6.45) is 2.81. The van der Waals surface area contributed by atoms with Gasteiger partial charge < -0.3 is 0 Å². The zero-order valence-corrected chi connectivity index (χ0v) is 12.5. The molecule has 6 heteroatoms. The molecule has 2 aromatic rings. The van der Waals surface area contributed by atoms with E-state index in [2.05, 4.69) is 67.5 Å². The second kappa shape index (κ2) is 4.44. The van der Waals surface area contributed by atoms with Crippen molar-refractivity contribution in [3.8, 4) is 5.13 Å². The maximum absolute atomic E-state index is 4.51. The van der Waals surface area contributed by atoms with Gasteiger partial charge in [-0.1, -0.05) is 6.92 Å². The molecule has 0 aliphatic carbocycles. The van der Waals surface area contributed by atoms with Crippen LogP contribution >= 0.6 is 56.5 Å². The lowest BCUT2D eigenvalue weighted by atomic mass is 10.4. The van der Waals surface area contributed by atoms with Gasteiger partial charge in [0.1, 0.15) is 13.7 Å². The monoisotopic (exact) mass is 431 g/mol. The summed E-state index contributed by atoms with van der Waals surface area (Å²) in [6.45, 7) is 2.11. The van der Waals surface area contributed by atoms with Crippen molar-refractivity contribution in [3.05, 3.63) is 24.8 Å². The van der Waals surface area contributed by atoms with E-state index in [1.165, 1.54) is 0 Å². The van der Waals surface area contributed by atoms with Crippen molar-refractivity contribution in [2.45, 2.75) is 13.3 Å². The Labute approximate surface area is 113 Å². The minimum Gasteiger partial charge on any atom is -0.268 e. The molecule has 14 heavy (non-hydrogen) atoms. The Morgan fingerprint density at radius 1 is 1.50 bits per heavy atom. The Balaban J connectivity index is 2.44. The molecule has 0 saturated heterocycles. The average molecular weight is 431 g/mol. The van der Waals surface area contributed by atoms with Crippen LogP contribution in [0.2, 0.25) is 0 Å². The highest BCUT2D eigenvalue weighted by Gasteiger charge is 2.09. The van der Waals surface area contributed by atoms with Crippen LogP contribution < -0.4 is 0 Å². The number of nitrogens with zero attached hydrogens (tertiary/aromatic N) is 3. The number of aryl methyl sites for hydroxylation is 1. The van der Waals surface area contributed by atoms with E-state index in [1.807, 2.05) is 10.9 Å². The summed E-state index contributed by atoms with van der Waals surface area (Å²) in [5, 5.41) is 3.10. The lowest BCUT2D eigenvalue weighted by Crippen LogP contribution is -1.94. The van der Waals surface area contributed by atoms with Crippen molar-refractivity contribution in [1.29, 1.82) is 0 Å². The molecule has 0 amide bonds. The summed E-state index contributed by atoms with van der Waals surface area (Å²) in [4.78, 5) is 8.74. The first-order chi connectivity index (χ1) is 6.72. The molecule has 74 valence electrons. The van der Waals surface area contributed by atoms with Gasteiger partial charge in [0.2, 0.25) is 0 Å². The molecular weight excluding hydrogens is 424 g/mol. The van der Waals surface area contributed by atoms with Crippen molar-refractivity contribution >= 4 is 56.5 Å². The average Bonchev–Trinajstić information content (AvgIpc) is 2.75. The summed E-state index contributed by atoms with van der Waals surface area (Å²) < 4.78 is 4.17. The molecule has 0 aliphatic heterocycles. The predicted molar refractivity (Wildman–Crippen MR) is 74.0 cm³/mol. The molecule has 0 fully saturated rings. The van der Waals surface area contributed by atoms with Crippen LogP contribution in [0.3, 0.4) is 0 Å². The zero-order valence-electron chi connectivity index (χ0n) is 7.37. The summed E-state index contributed by atoms with van der Waals surface area (Å²) in [7, 11) is 0. The van der Waals surface area contributed by atoms with Crippen molar-refractivity contribution in [1.82, 2.24) is 14.5 Å². The number of aromatic nitrogens is 3. The van der Waals surface area contributed by atoms with Crippen LogP contribution in [0.1, 0.15) is 12.6 Å². The van der Waals surface area contributed by atoms with Crippen molar-refractivity contribution in [2.24, 2.45) is 0 Å². The van der Waals surface area contributed by atoms with E-state index in [-0.39, 0.29) is 0 Å². The van der Waals surface area contributed by atoms with Crippen LogP contribution in [0.15, 0.2) is 11.7 Å². The standard InChI is InChI=1S/C8H7I2N3S/c1-2-5-3-14-8(12-5)13-4-11-6(9)7(13)10/h3-4H,2H2,1H3. The Morgan fingerprint density at radius 3 is 2.79 bits per heavy atom. The summed E-state index contributed by atoms with van der Waals surface area (Å²) in [5.74, 6) is 0. The van der Waals surface area contributed by atoms with Gasteiger partial charge in [-0.3, -0.25) is 4.57 Å². The molecule has 0 aliphatic rings. The number of imidazole rings is 1. The molecule has 0 aromatic carbocycles. The highest BCUT2D eigenvalue weighted by atomic mass is 127. The smallest absolute Gasteiger partial charge is 0.195 e. The van der Waals surface area contributed by atoms with Gasteiger partial charge in [0.25, 0.3) is 0 Å². The van der Waals surface area contributed by atoms with Gasteiger partial charge in [-0.2, -0.15) is 0 Å². The quantitative estimate of drug-likeness (QED) is 0.685. The van der Waals surface area contributed by atoms with E-state index < -0.39 is 0 Å². The lowest BCUT2D eigenvalue weighted by molar-refractivity contribution is 0.967. The van der Waals surface area contributed by atoms with E-state index >= 15 is 0 Å². The van der Waals surface area contributed by atoms with E-state index in [0.29, 0.717) is 0 Å². The fourth-order valence-corrected chi connectivity index (χ4v) is 2.94. The zero-order chi connectivity index (χ0) is 10.1.